The van der Waals surface area contributed by atoms with Crippen LogP contribution in [0.15, 0.2) is 6.07 Å². The molecule has 90 valence electrons. The molecule has 1 aliphatic rings. The monoisotopic (exact) mass is 222 g/mol. The quantitative estimate of drug-likeness (QED) is 0.852. The fourth-order valence-electron chi connectivity index (χ4n) is 2.88. The highest BCUT2D eigenvalue weighted by molar-refractivity contribution is 5.12. The first-order valence-corrected chi connectivity index (χ1v) is 6.28. The van der Waals surface area contributed by atoms with Crippen LogP contribution in [0.25, 0.3) is 0 Å². The van der Waals surface area contributed by atoms with Crippen LogP contribution in [0, 0.1) is 12.8 Å². The van der Waals surface area contributed by atoms with Gasteiger partial charge in [0.05, 0.1) is 11.3 Å². The van der Waals surface area contributed by atoms with E-state index in [-0.39, 0.29) is 0 Å². The Kier molecular flexibility index (Phi) is 3.06. The van der Waals surface area contributed by atoms with Crippen LogP contribution in [0.1, 0.15) is 44.5 Å². The summed E-state index contributed by atoms with van der Waals surface area (Å²) in [5, 5.41) is 14.9. The number of rotatable bonds is 3. The van der Waals surface area contributed by atoms with E-state index in [4.69, 9.17) is 0 Å². The highest BCUT2D eigenvalue weighted by Gasteiger charge is 2.36. The zero-order valence-electron chi connectivity index (χ0n) is 10.5. The number of hydrogen-bond acceptors (Lipinski definition) is 2. The molecule has 1 fully saturated rings. The van der Waals surface area contributed by atoms with Crippen molar-refractivity contribution >= 4 is 0 Å². The van der Waals surface area contributed by atoms with E-state index in [1.165, 1.54) is 5.69 Å². The van der Waals surface area contributed by atoms with Gasteiger partial charge in [-0.05, 0) is 45.1 Å². The van der Waals surface area contributed by atoms with Gasteiger partial charge in [0.25, 0.3) is 0 Å². The third kappa shape index (κ3) is 2.29. The van der Waals surface area contributed by atoms with Crippen LogP contribution >= 0.6 is 0 Å². The molecule has 1 saturated carbocycles. The van der Waals surface area contributed by atoms with Crippen molar-refractivity contribution in [1.82, 2.24) is 9.78 Å². The van der Waals surface area contributed by atoms with Crippen molar-refractivity contribution < 1.29 is 5.11 Å². The van der Waals surface area contributed by atoms with E-state index in [0.29, 0.717) is 5.92 Å². The molecule has 0 spiro atoms. The van der Waals surface area contributed by atoms with Gasteiger partial charge in [-0.3, -0.25) is 4.68 Å². The summed E-state index contributed by atoms with van der Waals surface area (Å²) in [6, 6.07) is 2.10. The molecule has 1 aromatic rings. The first kappa shape index (κ1) is 11.6. The molecule has 2 rings (SSSR count). The maximum absolute atomic E-state index is 10.5. The molecule has 16 heavy (non-hydrogen) atoms. The second-order valence-electron chi connectivity index (χ2n) is 5.34. The fourth-order valence-corrected chi connectivity index (χ4v) is 2.88. The number of aromatic nitrogens is 2. The van der Waals surface area contributed by atoms with Crippen molar-refractivity contribution in [2.45, 2.75) is 58.6 Å². The lowest BCUT2D eigenvalue weighted by Crippen LogP contribution is -2.29. The molecule has 0 saturated heterocycles. The molecule has 1 N–H and O–H groups in total. The summed E-state index contributed by atoms with van der Waals surface area (Å²) in [6.45, 7) is 7.21. The van der Waals surface area contributed by atoms with Gasteiger partial charge in [-0.15, -0.1) is 0 Å². The van der Waals surface area contributed by atoms with Crippen LogP contribution in [0.4, 0.5) is 0 Å². The first-order valence-electron chi connectivity index (χ1n) is 6.28. The summed E-state index contributed by atoms with van der Waals surface area (Å²) < 4.78 is 2.01. The largest absolute Gasteiger partial charge is 0.389 e. The number of hydrogen-bond donors (Lipinski definition) is 1. The van der Waals surface area contributed by atoms with Gasteiger partial charge in [0.1, 0.15) is 0 Å². The van der Waals surface area contributed by atoms with Crippen LogP contribution in [0.3, 0.4) is 0 Å². The predicted molar refractivity (Wildman–Crippen MR) is 64.3 cm³/mol. The summed E-state index contributed by atoms with van der Waals surface area (Å²) in [5.41, 5.74) is 1.74. The van der Waals surface area contributed by atoms with Gasteiger partial charge in [-0.25, -0.2) is 0 Å². The summed E-state index contributed by atoms with van der Waals surface area (Å²) >= 11 is 0. The Labute approximate surface area is 97.5 Å². The van der Waals surface area contributed by atoms with E-state index in [1.807, 2.05) is 11.6 Å². The molecule has 3 nitrogen and oxygen atoms in total. The Hall–Kier alpha value is -0.830. The van der Waals surface area contributed by atoms with E-state index in [1.54, 1.807) is 0 Å². The summed E-state index contributed by atoms with van der Waals surface area (Å²) in [5.74, 6) is 0.657. The highest BCUT2D eigenvalue weighted by Crippen LogP contribution is 2.36. The van der Waals surface area contributed by atoms with Crippen molar-refractivity contribution in [3.05, 3.63) is 17.5 Å². The number of aliphatic hydroxyl groups is 1. The van der Waals surface area contributed by atoms with E-state index in [0.717, 1.165) is 37.9 Å². The normalized spacial score (nSPS) is 29.9. The molecule has 0 bridgehead atoms. The molecule has 2 unspecified atom stereocenters. The van der Waals surface area contributed by atoms with Gasteiger partial charge in [-0.2, -0.15) is 5.10 Å². The second-order valence-corrected chi connectivity index (χ2v) is 5.34. The molecule has 1 heterocycles. The van der Waals surface area contributed by atoms with Crippen LogP contribution in [0.2, 0.25) is 0 Å². The summed E-state index contributed by atoms with van der Waals surface area (Å²) in [7, 11) is 0. The van der Waals surface area contributed by atoms with Crippen molar-refractivity contribution in [2.75, 3.05) is 0 Å². The third-order valence-corrected chi connectivity index (χ3v) is 3.63. The minimum atomic E-state index is -0.487. The van der Waals surface area contributed by atoms with Gasteiger partial charge in [0.15, 0.2) is 0 Å². The minimum absolute atomic E-state index is 0.487. The van der Waals surface area contributed by atoms with Crippen molar-refractivity contribution in [1.29, 1.82) is 0 Å². The smallest absolute Gasteiger partial charge is 0.0705 e. The van der Waals surface area contributed by atoms with Crippen molar-refractivity contribution in [3.63, 3.8) is 0 Å². The SMILES string of the molecule is CCn1nc(C)cc1CC1(O)CCC(C)C1. The lowest BCUT2D eigenvalue weighted by molar-refractivity contribution is 0.0426. The number of nitrogens with zero attached hydrogens (tertiary/aromatic N) is 2. The molecule has 2 atom stereocenters. The molecule has 0 radical (unpaired) electrons. The first-order chi connectivity index (χ1) is 7.52. The fraction of sp³-hybridized carbons (Fsp3) is 0.769. The van der Waals surface area contributed by atoms with Crippen LogP contribution in [-0.2, 0) is 13.0 Å². The van der Waals surface area contributed by atoms with Crippen LogP contribution in [0.5, 0.6) is 0 Å². The molecular formula is C13H22N2O. The van der Waals surface area contributed by atoms with Crippen molar-refractivity contribution in [2.24, 2.45) is 5.92 Å². The Balaban J connectivity index is 2.14. The third-order valence-electron chi connectivity index (χ3n) is 3.63. The van der Waals surface area contributed by atoms with Gasteiger partial charge >= 0.3 is 0 Å². The van der Waals surface area contributed by atoms with Crippen LogP contribution < -0.4 is 0 Å². The van der Waals surface area contributed by atoms with Gasteiger partial charge < -0.3 is 5.11 Å². The van der Waals surface area contributed by atoms with E-state index in [9.17, 15) is 5.11 Å². The lowest BCUT2D eigenvalue weighted by Gasteiger charge is -2.22. The predicted octanol–water partition coefficient (Wildman–Crippen LogP) is 2.31. The lowest BCUT2D eigenvalue weighted by atomic mass is 9.94. The Morgan fingerprint density at radius 2 is 2.38 bits per heavy atom. The van der Waals surface area contributed by atoms with E-state index >= 15 is 0 Å². The summed E-state index contributed by atoms with van der Waals surface area (Å²) in [6.07, 6.45) is 3.77. The topological polar surface area (TPSA) is 38.0 Å². The zero-order chi connectivity index (χ0) is 11.8. The molecule has 1 aliphatic carbocycles. The minimum Gasteiger partial charge on any atom is -0.389 e. The average molecular weight is 222 g/mol. The second kappa shape index (κ2) is 4.21. The Morgan fingerprint density at radius 1 is 1.62 bits per heavy atom. The van der Waals surface area contributed by atoms with Gasteiger partial charge in [-0.1, -0.05) is 6.92 Å². The molecule has 0 aliphatic heterocycles. The standard InChI is InChI=1S/C13H22N2O/c1-4-15-12(7-11(3)14-15)9-13(16)6-5-10(2)8-13/h7,10,16H,4-6,8-9H2,1-3H3. The summed E-state index contributed by atoms with van der Waals surface area (Å²) in [4.78, 5) is 0. The Bertz CT molecular complexity index is 372. The maximum Gasteiger partial charge on any atom is 0.0705 e. The molecule has 0 aromatic carbocycles. The van der Waals surface area contributed by atoms with E-state index < -0.39 is 5.60 Å². The van der Waals surface area contributed by atoms with E-state index in [2.05, 4.69) is 25.0 Å². The molecule has 1 aromatic heterocycles. The number of aryl methyl sites for hydroxylation is 2. The van der Waals surface area contributed by atoms with Gasteiger partial charge in [0.2, 0.25) is 0 Å². The zero-order valence-corrected chi connectivity index (χ0v) is 10.5. The average Bonchev–Trinajstić information content (AvgIpc) is 2.70. The maximum atomic E-state index is 10.5. The Morgan fingerprint density at radius 3 is 2.94 bits per heavy atom. The molecular weight excluding hydrogens is 200 g/mol. The highest BCUT2D eigenvalue weighted by atomic mass is 16.3. The molecule has 3 heteroatoms. The van der Waals surface area contributed by atoms with Gasteiger partial charge in [0, 0.05) is 18.7 Å². The van der Waals surface area contributed by atoms with Crippen LogP contribution in [-0.4, -0.2) is 20.5 Å². The van der Waals surface area contributed by atoms with Crippen molar-refractivity contribution in [3.8, 4) is 0 Å². The molecule has 0 amide bonds.